The van der Waals surface area contributed by atoms with Gasteiger partial charge in [-0.05, 0) is 25.5 Å². The van der Waals surface area contributed by atoms with E-state index in [-0.39, 0.29) is 24.3 Å². The molecule has 2 atom stereocenters. The smallest absolute Gasteiger partial charge is 0.247 e. The summed E-state index contributed by atoms with van der Waals surface area (Å²) in [5.41, 5.74) is 0. The Hall–Kier alpha value is -0.910. The molecule has 19 heavy (non-hydrogen) atoms. The summed E-state index contributed by atoms with van der Waals surface area (Å²) in [6, 6.07) is 3.33. The van der Waals surface area contributed by atoms with Gasteiger partial charge < -0.3 is 5.32 Å². The topological polar surface area (TPSA) is 49.4 Å². The van der Waals surface area contributed by atoms with Crippen LogP contribution in [0.1, 0.15) is 31.6 Å². The van der Waals surface area contributed by atoms with Crippen LogP contribution >= 0.6 is 22.9 Å². The van der Waals surface area contributed by atoms with Gasteiger partial charge in [-0.3, -0.25) is 14.5 Å². The van der Waals surface area contributed by atoms with Gasteiger partial charge in [0.25, 0.3) is 0 Å². The second-order valence-electron chi connectivity index (χ2n) is 4.70. The van der Waals surface area contributed by atoms with Crippen LogP contribution < -0.4 is 5.32 Å². The van der Waals surface area contributed by atoms with Crippen LogP contribution in [0.25, 0.3) is 0 Å². The van der Waals surface area contributed by atoms with E-state index in [0.717, 1.165) is 15.6 Å². The van der Waals surface area contributed by atoms with E-state index in [2.05, 4.69) is 5.32 Å². The third kappa shape index (κ3) is 3.16. The van der Waals surface area contributed by atoms with Crippen molar-refractivity contribution in [2.45, 2.75) is 45.3 Å². The predicted octanol–water partition coefficient (Wildman–Crippen LogP) is 2.42. The van der Waals surface area contributed by atoms with Gasteiger partial charge in [0.1, 0.15) is 0 Å². The van der Waals surface area contributed by atoms with Gasteiger partial charge in [0.15, 0.2) is 0 Å². The molecule has 104 valence electrons. The van der Waals surface area contributed by atoms with Gasteiger partial charge in [0, 0.05) is 17.5 Å². The van der Waals surface area contributed by atoms with Gasteiger partial charge in [-0.1, -0.05) is 18.5 Å². The minimum atomic E-state index is -0.401. The molecule has 1 aromatic rings. The summed E-state index contributed by atoms with van der Waals surface area (Å²) >= 11 is 7.33. The largest absolute Gasteiger partial charge is 0.300 e. The van der Waals surface area contributed by atoms with E-state index in [4.69, 9.17) is 11.6 Å². The zero-order valence-corrected chi connectivity index (χ0v) is 12.6. The van der Waals surface area contributed by atoms with Crippen LogP contribution in [0, 0.1) is 0 Å². The zero-order valence-electron chi connectivity index (χ0n) is 11.0. The maximum absolute atomic E-state index is 12.2. The highest BCUT2D eigenvalue weighted by Gasteiger charge is 2.40. The molecule has 1 fully saturated rings. The number of hydrogen-bond donors (Lipinski definition) is 1. The maximum Gasteiger partial charge on any atom is 0.247 e. The molecular formula is C13H17ClN2O2S. The average Bonchev–Trinajstić information content (AvgIpc) is 2.90. The van der Waals surface area contributed by atoms with Crippen molar-refractivity contribution in [2.75, 3.05) is 0 Å². The molecule has 1 saturated heterocycles. The number of carbonyl (C=O) groups is 2. The lowest BCUT2D eigenvalue weighted by Gasteiger charge is -2.21. The van der Waals surface area contributed by atoms with Gasteiger partial charge in [0.2, 0.25) is 11.8 Å². The fourth-order valence-corrected chi connectivity index (χ4v) is 3.17. The molecular weight excluding hydrogens is 284 g/mol. The number of imide groups is 1. The average molecular weight is 301 g/mol. The van der Waals surface area contributed by atoms with Crippen molar-refractivity contribution in [1.29, 1.82) is 0 Å². The summed E-state index contributed by atoms with van der Waals surface area (Å²) < 4.78 is 0.729. The Morgan fingerprint density at radius 1 is 1.53 bits per heavy atom. The number of amides is 2. The second kappa shape index (κ2) is 6.03. The van der Waals surface area contributed by atoms with Gasteiger partial charge in [-0.15, -0.1) is 11.3 Å². The first-order chi connectivity index (χ1) is 9.02. The molecule has 0 aromatic carbocycles. The lowest BCUT2D eigenvalue weighted by atomic mass is 10.2. The molecule has 6 heteroatoms. The van der Waals surface area contributed by atoms with E-state index < -0.39 is 6.04 Å². The Morgan fingerprint density at radius 3 is 2.84 bits per heavy atom. The van der Waals surface area contributed by atoms with Crippen LogP contribution in [0.2, 0.25) is 4.34 Å². The third-order valence-electron chi connectivity index (χ3n) is 3.37. The van der Waals surface area contributed by atoms with E-state index in [0.29, 0.717) is 6.54 Å². The molecule has 2 unspecified atom stereocenters. The molecule has 0 aliphatic carbocycles. The molecule has 0 radical (unpaired) electrons. The Balaban J connectivity index is 1.95. The zero-order chi connectivity index (χ0) is 14.0. The quantitative estimate of drug-likeness (QED) is 0.850. The minimum absolute atomic E-state index is 0.0250. The van der Waals surface area contributed by atoms with Crippen LogP contribution in [0.3, 0.4) is 0 Å². The molecule has 2 amide bonds. The van der Waals surface area contributed by atoms with Crippen LogP contribution in [-0.4, -0.2) is 28.8 Å². The van der Waals surface area contributed by atoms with Crippen molar-refractivity contribution < 1.29 is 9.59 Å². The fourth-order valence-electron chi connectivity index (χ4n) is 2.13. The molecule has 1 aliphatic rings. The molecule has 2 rings (SSSR count). The molecule has 4 nitrogen and oxygen atoms in total. The normalized spacial score (nSPS) is 21.2. The SMILES string of the molecule is CCC(C)N1C(=O)CC(NCc2ccc(Cl)s2)C1=O. The molecule has 1 aliphatic heterocycles. The standard InChI is InChI=1S/C13H17ClN2O2S/c1-3-8(2)16-12(17)6-10(13(16)18)15-7-9-4-5-11(14)19-9/h4-5,8,10,15H,3,6-7H2,1-2H3. The molecule has 1 aromatic heterocycles. The van der Waals surface area contributed by atoms with Gasteiger partial charge in [-0.25, -0.2) is 0 Å². The highest BCUT2D eigenvalue weighted by Crippen LogP contribution is 2.22. The Kier molecular flexibility index (Phi) is 4.60. The first kappa shape index (κ1) is 14.5. The Bertz CT molecular complexity index is 489. The van der Waals surface area contributed by atoms with Crippen molar-refractivity contribution in [3.63, 3.8) is 0 Å². The fraction of sp³-hybridized carbons (Fsp3) is 0.538. The summed E-state index contributed by atoms with van der Waals surface area (Å²) in [6.07, 6.45) is 1.03. The van der Waals surface area contributed by atoms with Crippen molar-refractivity contribution in [3.05, 3.63) is 21.3 Å². The number of hydrogen-bond acceptors (Lipinski definition) is 4. The van der Waals surface area contributed by atoms with Crippen molar-refractivity contribution in [2.24, 2.45) is 0 Å². The first-order valence-electron chi connectivity index (χ1n) is 6.36. The van der Waals surface area contributed by atoms with E-state index in [1.165, 1.54) is 16.2 Å². The Labute approximate surface area is 121 Å². The van der Waals surface area contributed by atoms with Crippen molar-refractivity contribution in [3.8, 4) is 0 Å². The minimum Gasteiger partial charge on any atom is -0.300 e. The number of rotatable bonds is 5. The van der Waals surface area contributed by atoms with Crippen molar-refractivity contribution >= 4 is 34.8 Å². The molecule has 2 heterocycles. The van der Waals surface area contributed by atoms with Crippen LogP contribution in [0.15, 0.2) is 12.1 Å². The van der Waals surface area contributed by atoms with E-state index in [9.17, 15) is 9.59 Å². The first-order valence-corrected chi connectivity index (χ1v) is 7.56. The number of likely N-dealkylation sites (tertiary alicyclic amines) is 1. The van der Waals surface area contributed by atoms with Gasteiger partial charge in [-0.2, -0.15) is 0 Å². The molecule has 1 N–H and O–H groups in total. The lowest BCUT2D eigenvalue weighted by Crippen LogP contribution is -2.42. The van der Waals surface area contributed by atoms with Gasteiger partial charge in [0.05, 0.1) is 16.8 Å². The van der Waals surface area contributed by atoms with Crippen molar-refractivity contribution in [1.82, 2.24) is 10.2 Å². The molecule has 0 saturated carbocycles. The summed E-state index contributed by atoms with van der Waals surface area (Å²) in [5.74, 6) is -0.192. The highest BCUT2D eigenvalue weighted by molar-refractivity contribution is 7.16. The number of nitrogens with zero attached hydrogens (tertiary/aromatic N) is 1. The summed E-state index contributed by atoms with van der Waals surface area (Å²) in [4.78, 5) is 26.5. The van der Waals surface area contributed by atoms with E-state index in [1.54, 1.807) is 0 Å². The maximum atomic E-state index is 12.2. The number of thiophene rings is 1. The van der Waals surface area contributed by atoms with E-state index >= 15 is 0 Å². The summed E-state index contributed by atoms with van der Waals surface area (Å²) in [7, 11) is 0. The second-order valence-corrected chi connectivity index (χ2v) is 6.50. The summed E-state index contributed by atoms with van der Waals surface area (Å²) in [5, 5.41) is 3.14. The molecule has 0 bridgehead atoms. The number of carbonyl (C=O) groups excluding carboxylic acids is 2. The van der Waals surface area contributed by atoms with Crippen LogP contribution in [0.4, 0.5) is 0 Å². The predicted molar refractivity (Wildman–Crippen MR) is 76.2 cm³/mol. The van der Waals surface area contributed by atoms with Gasteiger partial charge >= 0.3 is 0 Å². The Morgan fingerprint density at radius 2 is 2.26 bits per heavy atom. The number of halogens is 1. The number of nitrogens with one attached hydrogen (secondary N) is 1. The summed E-state index contributed by atoms with van der Waals surface area (Å²) in [6.45, 7) is 4.44. The third-order valence-corrected chi connectivity index (χ3v) is 4.60. The van der Waals surface area contributed by atoms with Crippen LogP contribution in [-0.2, 0) is 16.1 Å². The highest BCUT2D eigenvalue weighted by atomic mass is 35.5. The lowest BCUT2D eigenvalue weighted by molar-refractivity contribution is -0.141. The van der Waals surface area contributed by atoms with E-state index in [1.807, 2.05) is 26.0 Å². The monoisotopic (exact) mass is 300 g/mol. The van der Waals surface area contributed by atoms with Crippen LogP contribution in [0.5, 0.6) is 0 Å². The molecule has 0 spiro atoms.